The van der Waals surface area contributed by atoms with E-state index in [4.69, 9.17) is 10.00 Å². The standard InChI is InChI=1S/C17H19N5O2S/c1-24-11-6-10-21-15(23)13-7-2-3-8-14(13)22-16(21)19-20-17(22)25-12-5-4-9-18/h2-3,7-8H,4-6,10-12H2,1H3. The molecule has 0 aliphatic carbocycles. The first kappa shape index (κ1) is 17.5. The highest BCUT2D eigenvalue weighted by atomic mass is 32.2. The van der Waals surface area contributed by atoms with E-state index in [1.807, 2.05) is 28.7 Å². The lowest BCUT2D eigenvalue weighted by Crippen LogP contribution is -2.24. The number of thioether (sulfide) groups is 1. The number of ether oxygens (including phenoxy) is 1. The molecule has 0 aliphatic heterocycles. The van der Waals surface area contributed by atoms with E-state index >= 15 is 0 Å². The number of hydrogen-bond acceptors (Lipinski definition) is 6. The number of nitrogens with zero attached hydrogens (tertiary/aromatic N) is 5. The molecule has 1 aromatic carbocycles. The topological polar surface area (TPSA) is 85.2 Å². The minimum Gasteiger partial charge on any atom is -0.385 e. The van der Waals surface area contributed by atoms with E-state index in [-0.39, 0.29) is 5.56 Å². The molecule has 0 radical (unpaired) electrons. The van der Waals surface area contributed by atoms with Crippen molar-refractivity contribution in [1.82, 2.24) is 19.2 Å². The normalized spacial score (nSPS) is 11.2. The molecule has 2 heterocycles. The van der Waals surface area contributed by atoms with Crippen LogP contribution < -0.4 is 5.56 Å². The van der Waals surface area contributed by atoms with Crippen LogP contribution in [0.15, 0.2) is 34.2 Å². The fraction of sp³-hybridized carbons (Fsp3) is 0.412. The maximum absolute atomic E-state index is 12.8. The van der Waals surface area contributed by atoms with Gasteiger partial charge in [0.1, 0.15) is 0 Å². The Morgan fingerprint density at radius 2 is 2.12 bits per heavy atom. The van der Waals surface area contributed by atoms with Gasteiger partial charge in [-0.3, -0.25) is 13.8 Å². The van der Waals surface area contributed by atoms with Crippen LogP contribution in [0.1, 0.15) is 19.3 Å². The molecule has 0 aliphatic rings. The predicted octanol–water partition coefficient (Wildman–Crippen LogP) is 2.48. The minimum absolute atomic E-state index is 0.0624. The Morgan fingerprint density at radius 3 is 2.92 bits per heavy atom. The number of nitriles is 1. The Labute approximate surface area is 149 Å². The second kappa shape index (κ2) is 8.14. The highest BCUT2D eigenvalue weighted by Gasteiger charge is 2.16. The zero-order chi connectivity index (χ0) is 17.6. The van der Waals surface area contributed by atoms with Crippen molar-refractivity contribution in [2.45, 2.75) is 31.0 Å². The van der Waals surface area contributed by atoms with E-state index in [1.54, 1.807) is 23.4 Å². The molecule has 130 valence electrons. The molecule has 0 spiro atoms. The van der Waals surface area contributed by atoms with Gasteiger partial charge in [-0.25, -0.2) is 0 Å². The molecule has 0 amide bonds. The van der Waals surface area contributed by atoms with Crippen molar-refractivity contribution in [3.05, 3.63) is 34.6 Å². The Morgan fingerprint density at radius 1 is 1.28 bits per heavy atom. The van der Waals surface area contributed by atoms with Crippen molar-refractivity contribution < 1.29 is 4.74 Å². The average Bonchev–Trinajstić information content (AvgIpc) is 3.05. The van der Waals surface area contributed by atoms with Crippen LogP contribution in [0.2, 0.25) is 0 Å². The van der Waals surface area contributed by atoms with Gasteiger partial charge in [0, 0.05) is 32.4 Å². The third-order valence-electron chi connectivity index (χ3n) is 3.87. The van der Waals surface area contributed by atoms with Gasteiger partial charge in [-0.2, -0.15) is 5.26 Å². The molecular weight excluding hydrogens is 338 g/mol. The number of rotatable bonds is 8. The van der Waals surface area contributed by atoms with E-state index in [0.29, 0.717) is 30.7 Å². The van der Waals surface area contributed by atoms with Crippen molar-refractivity contribution in [2.75, 3.05) is 19.5 Å². The molecule has 2 aromatic heterocycles. The molecule has 0 atom stereocenters. The summed E-state index contributed by atoms with van der Waals surface area (Å²) in [5.41, 5.74) is 0.742. The minimum atomic E-state index is -0.0624. The van der Waals surface area contributed by atoms with E-state index in [0.717, 1.165) is 29.3 Å². The summed E-state index contributed by atoms with van der Waals surface area (Å²) in [6.45, 7) is 1.10. The van der Waals surface area contributed by atoms with Gasteiger partial charge in [-0.1, -0.05) is 23.9 Å². The Kier molecular flexibility index (Phi) is 5.68. The molecule has 0 saturated heterocycles. The van der Waals surface area contributed by atoms with Gasteiger partial charge in [0.2, 0.25) is 5.78 Å². The lowest BCUT2D eigenvalue weighted by atomic mass is 10.2. The summed E-state index contributed by atoms with van der Waals surface area (Å²) < 4.78 is 8.69. The van der Waals surface area contributed by atoms with Gasteiger partial charge >= 0.3 is 0 Å². The number of methoxy groups -OCH3 is 1. The molecule has 0 N–H and O–H groups in total. The van der Waals surface area contributed by atoms with Crippen LogP contribution >= 0.6 is 11.8 Å². The Bertz CT molecular complexity index is 973. The fourth-order valence-corrected chi connectivity index (χ4v) is 3.59. The summed E-state index contributed by atoms with van der Waals surface area (Å²) in [6, 6.07) is 9.65. The van der Waals surface area contributed by atoms with E-state index < -0.39 is 0 Å². The predicted molar refractivity (Wildman–Crippen MR) is 96.8 cm³/mol. The monoisotopic (exact) mass is 357 g/mol. The van der Waals surface area contributed by atoms with Crippen molar-refractivity contribution in [1.29, 1.82) is 5.26 Å². The number of hydrogen-bond donors (Lipinski definition) is 0. The lowest BCUT2D eigenvalue weighted by Gasteiger charge is -2.11. The summed E-state index contributed by atoms with van der Waals surface area (Å²) >= 11 is 1.55. The quantitative estimate of drug-likeness (QED) is 0.455. The number of unbranched alkanes of at least 4 members (excludes halogenated alkanes) is 1. The number of aryl methyl sites for hydroxylation is 1. The first-order valence-electron chi connectivity index (χ1n) is 8.13. The van der Waals surface area contributed by atoms with Crippen molar-refractivity contribution in [3.8, 4) is 6.07 Å². The largest absolute Gasteiger partial charge is 0.385 e. The van der Waals surface area contributed by atoms with E-state index in [1.165, 1.54) is 0 Å². The summed E-state index contributed by atoms with van der Waals surface area (Å²) in [5, 5.41) is 18.6. The molecule has 25 heavy (non-hydrogen) atoms. The Hall–Kier alpha value is -2.37. The van der Waals surface area contributed by atoms with Crippen molar-refractivity contribution in [2.24, 2.45) is 0 Å². The Balaban J connectivity index is 2.09. The zero-order valence-electron chi connectivity index (χ0n) is 14.0. The highest BCUT2D eigenvalue weighted by molar-refractivity contribution is 7.99. The molecule has 8 heteroatoms. The second-order valence-electron chi connectivity index (χ2n) is 5.55. The molecule has 0 unspecified atom stereocenters. The summed E-state index contributed by atoms with van der Waals surface area (Å²) in [7, 11) is 1.64. The van der Waals surface area contributed by atoms with Crippen LogP contribution in [-0.2, 0) is 11.3 Å². The third-order valence-corrected chi connectivity index (χ3v) is 4.89. The molecule has 0 bridgehead atoms. The van der Waals surface area contributed by atoms with Crippen molar-refractivity contribution in [3.63, 3.8) is 0 Å². The third kappa shape index (κ3) is 3.52. The van der Waals surface area contributed by atoms with E-state index in [9.17, 15) is 4.79 Å². The molecule has 3 aromatic rings. The van der Waals surface area contributed by atoms with Crippen molar-refractivity contribution >= 4 is 28.4 Å². The zero-order valence-corrected chi connectivity index (χ0v) is 14.8. The summed E-state index contributed by atoms with van der Waals surface area (Å²) in [6.07, 6.45) is 2.04. The van der Waals surface area contributed by atoms with Gasteiger partial charge in [0.15, 0.2) is 5.16 Å². The number of para-hydroxylation sites is 1. The van der Waals surface area contributed by atoms with Crippen LogP contribution in [0, 0.1) is 11.3 Å². The maximum atomic E-state index is 12.8. The van der Waals surface area contributed by atoms with Gasteiger partial charge in [-0.05, 0) is 25.0 Å². The lowest BCUT2D eigenvalue weighted by molar-refractivity contribution is 0.190. The maximum Gasteiger partial charge on any atom is 0.262 e. The van der Waals surface area contributed by atoms with Crippen LogP contribution in [-0.4, -0.2) is 38.6 Å². The van der Waals surface area contributed by atoms with Crippen LogP contribution in [0.25, 0.3) is 16.7 Å². The molecule has 3 rings (SSSR count). The summed E-state index contributed by atoms with van der Waals surface area (Å²) in [4.78, 5) is 12.8. The number of fused-ring (bicyclic) bond motifs is 3. The highest BCUT2D eigenvalue weighted by Crippen LogP contribution is 2.22. The van der Waals surface area contributed by atoms with Crippen LogP contribution in [0.3, 0.4) is 0 Å². The van der Waals surface area contributed by atoms with Gasteiger partial charge in [-0.15, -0.1) is 10.2 Å². The van der Waals surface area contributed by atoms with Gasteiger partial charge < -0.3 is 4.74 Å². The second-order valence-corrected chi connectivity index (χ2v) is 6.61. The van der Waals surface area contributed by atoms with Crippen LogP contribution in [0.5, 0.6) is 0 Å². The molecular formula is C17H19N5O2S. The number of aromatic nitrogens is 4. The molecule has 0 fully saturated rings. The fourth-order valence-electron chi connectivity index (χ4n) is 2.71. The average molecular weight is 357 g/mol. The molecule has 0 saturated carbocycles. The molecule has 7 nitrogen and oxygen atoms in total. The summed E-state index contributed by atoms with van der Waals surface area (Å²) in [5.74, 6) is 1.33. The first-order chi connectivity index (χ1) is 12.3. The van der Waals surface area contributed by atoms with Gasteiger partial charge in [0.25, 0.3) is 5.56 Å². The first-order valence-corrected chi connectivity index (χ1v) is 9.12. The number of benzene rings is 1. The SMILES string of the molecule is COCCCn1c(=O)c2ccccc2n2c(SCCCC#N)nnc12. The van der Waals surface area contributed by atoms with Gasteiger partial charge in [0.05, 0.1) is 17.0 Å². The van der Waals surface area contributed by atoms with Crippen LogP contribution in [0.4, 0.5) is 0 Å². The smallest absolute Gasteiger partial charge is 0.262 e. The van der Waals surface area contributed by atoms with E-state index in [2.05, 4.69) is 16.3 Å².